The Morgan fingerprint density at radius 2 is 0.385 bits per heavy atom. The minimum atomic E-state index is -3.67. The molecule has 1 radical (unpaired) electrons. The van der Waals surface area contributed by atoms with Gasteiger partial charge in [-0.25, -0.2) is 0 Å². The fourth-order valence-electron chi connectivity index (χ4n) is 0. The van der Waals surface area contributed by atoms with Gasteiger partial charge < -0.3 is 0 Å². The molecule has 10 heteroatoms. The minimum Gasteiger partial charge on any atom is -0.174 e. The van der Waals surface area contributed by atoms with Gasteiger partial charge in [0, 0.05) is 51.4 Å². The Morgan fingerprint density at radius 3 is 0.385 bits per heavy atom. The molecule has 0 rings (SSSR count). The summed E-state index contributed by atoms with van der Waals surface area (Å²) in [6, 6.07) is 0. The van der Waals surface area contributed by atoms with E-state index in [0.29, 0.717) is 0 Å². The standard InChI is InChI=1S/3CHF3.K/c3*2-1(3)4;/h3*1H;. The molecule has 0 amide bonds. The van der Waals surface area contributed by atoms with Crippen LogP contribution in [0.4, 0.5) is 39.5 Å². The van der Waals surface area contributed by atoms with Gasteiger partial charge in [0.2, 0.25) is 0 Å². The molecule has 0 aromatic rings. The first-order valence-electron chi connectivity index (χ1n) is 1.96. The molecule has 0 aromatic heterocycles. The molecule has 0 saturated carbocycles. The molecule has 0 heterocycles. The molecule has 0 saturated heterocycles. The van der Waals surface area contributed by atoms with Crippen molar-refractivity contribution in [1.82, 2.24) is 0 Å². The maximum Gasteiger partial charge on any atom is 0.379 e. The normalized spacial score (nSPS) is 8.31. The molecular formula is C3H3F9K. The molecule has 0 bridgehead atoms. The SMILES string of the molecule is FC(F)F.FC(F)F.FC(F)F.[K]. The fraction of sp³-hybridized carbons (Fsp3) is 1.00. The van der Waals surface area contributed by atoms with Crippen molar-refractivity contribution in [1.29, 1.82) is 0 Å². The van der Waals surface area contributed by atoms with Crippen LogP contribution >= 0.6 is 0 Å². The quantitative estimate of drug-likeness (QED) is 0.457. The van der Waals surface area contributed by atoms with Crippen LogP contribution in [0.2, 0.25) is 0 Å². The van der Waals surface area contributed by atoms with Crippen molar-refractivity contribution in [3.63, 3.8) is 0 Å². The number of hydrogen-bond acceptors (Lipinski definition) is 0. The zero-order valence-corrected chi connectivity index (χ0v) is 9.26. The Hall–Kier alpha value is 1.01. The van der Waals surface area contributed by atoms with Gasteiger partial charge in [0.05, 0.1) is 0 Å². The summed E-state index contributed by atoms with van der Waals surface area (Å²) in [5, 5.41) is 0. The Labute approximate surface area is 110 Å². The average molecular weight is 249 g/mol. The number of hydrogen-bond donors (Lipinski definition) is 0. The van der Waals surface area contributed by atoms with E-state index in [0.717, 1.165) is 0 Å². The van der Waals surface area contributed by atoms with E-state index in [1.165, 1.54) is 0 Å². The second-order valence-electron chi connectivity index (χ2n) is 0.742. The van der Waals surface area contributed by atoms with Crippen LogP contribution < -0.4 is 0 Å². The molecule has 0 aromatic carbocycles. The first-order chi connectivity index (χ1) is 5.20. The Morgan fingerprint density at radius 1 is 0.385 bits per heavy atom. The molecule has 0 aliphatic heterocycles. The largest absolute Gasteiger partial charge is 0.379 e. The first-order valence-corrected chi connectivity index (χ1v) is 1.96. The summed E-state index contributed by atoms with van der Waals surface area (Å²) in [5.74, 6) is 0. The van der Waals surface area contributed by atoms with Crippen LogP contribution in [0.5, 0.6) is 0 Å². The van der Waals surface area contributed by atoms with Crippen LogP contribution in [0.1, 0.15) is 0 Å². The van der Waals surface area contributed by atoms with E-state index in [4.69, 9.17) is 0 Å². The molecule has 0 nitrogen and oxygen atoms in total. The van der Waals surface area contributed by atoms with Crippen molar-refractivity contribution in [2.24, 2.45) is 0 Å². The fourth-order valence-corrected chi connectivity index (χ4v) is 0. The van der Waals surface area contributed by atoms with Crippen LogP contribution in [-0.4, -0.2) is 71.4 Å². The van der Waals surface area contributed by atoms with E-state index in [-0.39, 0.29) is 51.4 Å². The third-order valence-electron chi connectivity index (χ3n) is 0. The van der Waals surface area contributed by atoms with E-state index >= 15 is 0 Å². The third kappa shape index (κ3) is 1560. The molecule has 13 heavy (non-hydrogen) atoms. The van der Waals surface area contributed by atoms with Crippen molar-refractivity contribution >= 4 is 51.4 Å². The summed E-state index contributed by atoms with van der Waals surface area (Å²) in [6.07, 6.45) is 0. The van der Waals surface area contributed by atoms with Crippen molar-refractivity contribution < 1.29 is 39.5 Å². The van der Waals surface area contributed by atoms with E-state index in [1.54, 1.807) is 0 Å². The minimum absolute atomic E-state index is 0. The summed E-state index contributed by atoms with van der Waals surface area (Å²) < 4.78 is 87.0. The molecule has 79 valence electrons. The smallest absolute Gasteiger partial charge is 0.174 e. The van der Waals surface area contributed by atoms with Gasteiger partial charge in [0.15, 0.2) is 0 Å². The second kappa shape index (κ2) is 18.7. The van der Waals surface area contributed by atoms with Gasteiger partial charge in [-0.2, -0.15) is 39.5 Å². The maximum absolute atomic E-state index is 9.67. The van der Waals surface area contributed by atoms with Gasteiger partial charge in [0.1, 0.15) is 0 Å². The van der Waals surface area contributed by atoms with Crippen LogP contribution in [0.3, 0.4) is 0 Å². The average Bonchev–Trinajstić information content (AvgIpc) is 1.54. The van der Waals surface area contributed by atoms with Crippen LogP contribution in [-0.2, 0) is 0 Å². The van der Waals surface area contributed by atoms with Crippen LogP contribution in [0, 0.1) is 0 Å². The Balaban J connectivity index is -0.0000000450. The van der Waals surface area contributed by atoms with Gasteiger partial charge in [-0.05, 0) is 0 Å². The van der Waals surface area contributed by atoms with Crippen molar-refractivity contribution in [2.45, 2.75) is 20.0 Å². The first kappa shape index (κ1) is 23.7. The number of rotatable bonds is 0. The predicted molar refractivity (Wildman–Crippen MR) is 27.1 cm³/mol. The van der Waals surface area contributed by atoms with Gasteiger partial charge in [0.25, 0.3) is 0 Å². The van der Waals surface area contributed by atoms with Crippen molar-refractivity contribution in [3.05, 3.63) is 0 Å². The topological polar surface area (TPSA) is 0 Å². The molecule has 0 N–H and O–H groups in total. The maximum atomic E-state index is 9.67. The van der Waals surface area contributed by atoms with E-state index in [9.17, 15) is 39.5 Å². The van der Waals surface area contributed by atoms with Crippen LogP contribution in [0.25, 0.3) is 0 Å². The van der Waals surface area contributed by atoms with Gasteiger partial charge in [-0.1, -0.05) is 0 Å². The van der Waals surface area contributed by atoms with Crippen molar-refractivity contribution in [2.75, 3.05) is 0 Å². The molecule has 0 fully saturated rings. The Bertz CT molecular complexity index is 43.4. The van der Waals surface area contributed by atoms with Gasteiger partial charge in [-0.3, -0.25) is 0 Å². The third-order valence-corrected chi connectivity index (χ3v) is 0. The van der Waals surface area contributed by atoms with E-state index in [2.05, 4.69) is 0 Å². The summed E-state index contributed by atoms with van der Waals surface area (Å²) in [6.45, 7) is -11.0. The van der Waals surface area contributed by atoms with E-state index < -0.39 is 20.0 Å². The molecule has 0 spiro atoms. The molecule has 0 aliphatic rings. The zero-order valence-electron chi connectivity index (χ0n) is 6.13. The number of alkyl halides is 9. The summed E-state index contributed by atoms with van der Waals surface area (Å²) in [4.78, 5) is 0. The molecule has 0 unspecified atom stereocenters. The summed E-state index contributed by atoms with van der Waals surface area (Å²) in [5.41, 5.74) is 0. The molecular weight excluding hydrogens is 246 g/mol. The second-order valence-corrected chi connectivity index (χ2v) is 0.742. The van der Waals surface area contributed by atoms with Crippen molar-refractivity contribution in [3.8, 4) is 0 Å². The van der Waals surface area contributed by atoms with Crippen LogP contribution in [0.15, 0.2) is 0 Å². The predicted octanol–water partition coefficient (Wildman–Crippen LogP) is 3.15. The monoisotopic (exact) mass is 249 g/mol. The number of halogens is 9. The van der Waals surface area contributed by atoms with E-state index in [1.807, 2.05) is 0 Å². The summed E-state index contributed by atoms with van der Waals surface area (Å²) in [7, 11) is 0. The Kier molecular flexibility index (Phi) is 34.1. The van der Waals surface area contributed by atoms with Gasteiger partial charge >= 0.3 is 20.0 Å². The molecule has 0 aliphatic carbocycles. The zero-order chi connectivity index (χ0) is 10.7. The molecule has 0 atom stereocenters. The summed E-state index contributed by atoms with van der Waals surface area (Å²) >= 11 is 0. The van der Waals surface area contributed by atoms with Gasteiger partial charge in [-0.15, -0.1) is 0 Å².